The fraction of sp³-hybridized carbons (Fsp3) is 0.292. The molecule has 0 aromatic heterocycles. The third-order valence-electron chi connectivity index (χ3n) is 5.33. The lowest BCUT2D eigenvalue weighted by molar-refractivity contribution is 0.701. The van der Waals surface area contributed by atoms with Gasteiger partial charge in [0.2, 0.25) is 0 Å². The van der Waals surface area contributed by atoms with Gasteiger partial charge in [-0.05, 0) is 56.2 Å². The van der Waals surface area contributed by atoms with Crippen molar-refractivity contribution in [1.29, 1.82) is 0 Å². The number of fused-ring (bicyclic) bond motifs is 1. The summed E-state index contributed by atoms with van der Waals surface area (Å²) in [5.41, 5.74) is 9.53. The van der Waals surface area contributed by atoms with E-state index in [1.807, 2.05) is 0 Å². The van der Waals surface area contributed by atoms with Crippen molar-refractivity contribution in [3.63, 3.8) is 0 Å². The summed E-state index contributed by atoms with van der Waals surface area (Å²) < 4.78 is 0. The number of hydrogen-bond acceptors (Lipinski definition) is 1. The molecule has 1 aliphatic heterocycles. The van der Waals surface area contributed by atoms with Gasteiger partial charge in [-0.25, -0.2) is 0 Å². The average Bonchev–Trinajstić information content (AvgIpc) is 2.86. The lowest BCUT2D eigenvalue weighted by Gasteiger charge is -2.25. The first kappa shape index (κ1) is 16.1. The van der Waals surface area contributed by atoms with E-state index in [0.717, 1.165) is 25.8 Å². The Kier molecular flexibility index (Phi) is 4.40. The molecular weight excluding hydrogens is 302 g/mol. The summed E-state index contributed by atoms with van der Waals surface area (Å²) >= 11 is 0. The van der Waals surface area contributed by atoms with Crippen molar-refractivity contribution in [2.24, 2.45) is 4.99 Å². The Morgan fingerprint density at radius 1 is 1.00 bits per heavy atom. The Bertz CT molecular complexity index is 868. The van der Waals surface area contributed by atoms with E-state index in [4.69, 9.17) is 4.99 Å². The summed E-state index contributed by atoms with van der Waals surface area (Å²) in [4.78, 5) is 4.89. The van der Waals surface area contributed by atoms with Crippen LogP contribution in [0.3, 0.4) is 0 Å². The molecule has 1 heterocycles. The maximum Gasteiger partial charge on any atom is 0.0722 e. The van der Waals surface area contributed by atoms with Gasteiger partial charge in [0.25, 0.3) is 0 Å². The van der Waals surface area contributed by atoms with Gasteiger partial charge in [0.1, 0.15) is 0 Å². The normalized spacial score (nSPS) is 19.7. The van der Waals surface area contributed by atoms with E-state index in [2.05, 4.69) is 74.5 Å². The Labute approximate surface area is 150 Å². The molecule has 0 fully saturated rings. The monoisotopic (exact) mass is 327 g/mol. The molecule has 2 aliphatic rings. The minimum atomic E-state index is 0.581. The van der Waals surface area contributed by atoms with Crippen LogP contribution in [-0.4, -0.2) is 12.3 Å². The van der Waals surface area contributed by atoms with E-state index in [9.17, 15) is 0 Å². The van der Waals surface area contributed by atoms with Crippen LogP contribution in [0.4, 0.5) is 0 Å². The second-order valence-corrected chi connectivity index (χ2v) is 7.25. The van der Waals surface area contributed by atoms with E-state index in [1.165, 1.54) is 39.1 Å². The van der Waals surface area contributed by atoms with Crippen molar-refractivity contribution in [1.82, 2.24) is 0 Å². The number of nitrogens with zero attached hydrogens (tertiary/aromatic N) is 1. The molecule has 1 nitrogen and oxygen atoms in total. The van der Waals surface area contributed by atoms with Crippen LogP contribution in [0.5, 0.6) is 0 Å². The van der Waals surface area contributed by atoms with Gasteiger partial charge >= 0.3 is 0 Å². The van der Waals surface area contributed by atoms with Crippen molar-refractivity contribution in [3.05, 3.63) is 94.1 Å². The number of hydrogen-bond donors (Lipinski definition) is 0. The molecule has 1 unspecified atom stereocenters. The summed E-state index contributed by atoms with van der Waals surface area (Å²) in [5, 5.41) is 0. The number of benzene rings is 2. The molecular formula is C24H25N. The van der Waals surface area contributed by atoms with Crippen LogP contribution in [0.1, 0.15) is 53.5 Å². The number of allylic oxidation sites excluding steroid dienone is 4. The minimum Gasteiger partial charge on any atom is -0.284 e. The van der Waals surface area contributed by atoms with E-state index < -0.39 is 0 Å². The van der Waals surface area contributed by atoms with Crippen LogP contribution < -0.4 is 0 Å². The summed E-state index contributed by atoms with van der Waals surface area (Å²) in [6.45, 7) is 5.31. The lowest BCUT2D eigenvalue weighted by Crippen LogP contribution is -2.18. The first-order chi connectivity index (χ1) is 12.2. The van der Waals surface area contributed by atoms with Crippen molar-refractivity contribution >= 4 is 5.71 Å². The molecule has 2 aromatic rings. The Hall–Kier alpha value is -2.41. The predicted molar refractivity (Wildman–Crippen MR) is 107 cm³/mol. The van der Waals surface area contributed by atoms with Gasteiger partial charge in [0.05, 0.1) is 5.71 Å². The van der Waals surface area contributed by atoms with E-state index >= 15 is 0 Å². The highest BCUT2D eigenvalue weighted by atomic mass is 14.7. The van der Waals surface area contributed by atoms with Gasteiger partial charge in [0.15, 0.2) is 0 Å². The van der Waals surface area contributed by atoms with Crippen LogP contribution >= 0.6 is 0 Å². The molecule has 126 valence electrons. The smallest absolute Gasteiger partial charge is 0.0722 e. The van der Waals surface area contributed by atoms with Crippen LogP contribution in [-0.2, 0) is 6.42 Å². The molecule has 0 saturated carbocycles. The average molecular weight is 327 g/mol. The molecule has 2 aromatic carbocycles. The maximum atomic E-state index is 4.89. The van der Waals surface area contributed by atoms with Crippen LogP contribution in [0.25, 0.3) is 0 Å². The van der Waals surface area contributed by atoms with Gasteiger partial charge in [-0.3, -0.25) is 4.99 Å². The highest BCUT2D eigenvalue weighted by molar-refractivity contribution is 6.14. The second kappa shape index (κ2) is 6.84. The molecule has 1 heteroatoms. The summed E-state index contributed by atoms with van der Waals surface area (Å²) in [5.74, 6) is 0.581. The van der Waals surface area contributed by atoms with Crippen molar-refractivity contribution < 1.29 is 0 Å². The minimum absolute atomic E-state index is 0.581. The third-order valence-corrected chi connectivity index (χ3v) is 5.33. The Morgan fingerprint density at radius 3 is 2.68 bits per heavy atom. The number of aliphatic imine (C=N–C) groups is 1. The van der Waals surface area contributed by atoms with E-state index in [1.54, 1.807) is 0 Å². The van der Waals surface area contributed by atoms with Crippen molar-refractivity contribution in [3.8, 4) is 0 Å². The Balaban J connectivity index is 1.81. The van der Waals surface area contributed by atoms with Crippen LogP contribution in [0.15, 0.2) is 71.3 Å². The summed E-state index contributed by atoms with van der Waals surface area (Å²) in [6.07, 6.45) is 10.3. The summed E-state index contributed by atoms with van der Waals surface area (Å²) in [6, 6.07) is 15.4. The zero-order valence-corrected chi connectivity index (χ0v) is 15.1. The van der Waals surface area contributed by atoms with Crippen molar-refractivity contribution in [2.75, 3.05) is 6.54 Å². The number of aryl methyl sites for hydroxylation is 1. The second-order valence-electron chi connectivity index (χ2n) is 7.25. The van der Waals surface area contributed by atoms with Gasteiger partial charge in [-0.2, -0.15) is 0 Å². The van der Waals surface area contributed by atoms with Crippen LogP contribution in [0.2, 0.25) is 0 Å². The van der Waals surface area contributed by atoms with Crippen molar-refractivity contribution in [2.45, 2.75) is 39.0 Å². The van der Waals surface area contributed by atoms with E-state index in [-0.39, 0.29) is 0 Å². The zero-order valence-electron chi connectivity index (χ0n) is 15.1. The zero-order chi connectivity index (χ0) is 17.2. The first-order valence-corrected chi connectivity index (χ1v) is 9.29. The third kappa shape index (κ3) is 3.24. The van der Waals surface area contributed by atoms with Gasteiger partial charge in [-0.15, -0.1) is 0 Å². The quantitative estimate of drug-likeness (QED) is 0.664. The standard InChI is InChI=1S/C24H25N/c1-17-7-6-10-19(12-11-17)22-15-18(2)16-23-21(22)13-14-25-24(23)20-8-4-3-5-9-20/h3-9,11,15-16,19H,10,12-14H2,1-2H3. The lowest BCUT2D eigenvalue weighted by atomic mass is 9.81. The molecule has 0 bridgehead atoms. The fourth-order valence-corrected chi connectivity index (χ4v) is 4.07. The number of rotatable bonds is 2. The van der Waals surface area contributed by atoms with Gasteiger partial charge in [0, 0.05) is 17.7 Å². The Morgan fingerprint density at radius 2 is 1.84 bits per heavy atom. The topological polar surface area (TPSA) is 12.4 Å². The molecule has 0 N–H and O–H groups in total. The molecule has 1 atom stereocenters. The molecule has 25 heavy (non-hydrogen) atoms. The maximum absolute atomic E-state index is 4.89. The molecule has 0 radical (unpaired) electrons. The van der Waals surface area contributed by atoms with Gasteiger partial charge < -0.3 is 0 Å². The molecule has 0 amide bonds. The molecule has 4 rings (SSSR count). The first-order valence-electron chi connectivity index (χ1n) is 9.29. The highest BCUT2D eigenvalue weighted by Crippen LogP contribution is 2.35. The largest absolute Gasteiger partial charge is 0.284 e. The molecule has 0 spiro atoms. The highest BCUT2D eigenvalue weighted by Gasteiger charge is 2.23. The summed E-state index contributed by atoms with van der Waals surface area (Å²) in [7, 11) is 0. The molecule has 1 aliphatic carbocycles. The predicted octanol–water partition coefficient (Wildman–Crippen LogP) is 5.77. The van der Waals surface area contributed by atoms with Gasteiger partial charge in [-0.1, -0.05) is 65.8 Å². The van der Waals surface area contributed by atoms with E-state index in [0.29, 0.717) is 5.92 Å². The SMILES string of the molecule is CC1=CCC(c2cc(C)cc3c2CCN=C3c2ccccc2)CC=C1. The molecule has 0 saturated heterocycles. The van der Waals surface area contributed by atoms with Crippen LogP contribution in [0, 0.1) is 6.92 Å². The fourth-order valence-electron chi connectivity index (χ4n) is 4.07.